The highest BCUT2D eigenvalue weighted by atomic mass is 32.1. The number of aromatic nitrogens is 4. The molecule has 0 saturated carbocycles. The summed E-state index contributed by atoms with van der Waals surface area (Å²) in [6.07, 6.45) is 1.30. The lowest BCUT2D eigenvalue weighted by Gasteiger charge is -1.92. The first-order chi connectivity index (χ1) is 9.63. The van der Waals surface area contributed by atoms with E-state index in [0.29, 0.717) is 17.3 Å². The van der Waals surface area contributed by atoms with Crippen molar-refractivity contribution in [1.29, 1.82) is 0 Å². The maximum atomic E-state index is 10.5. The average molecular weight is 291 g/mol. The van der Waals surface area contributed by atoms with Crippen LogP contribution in [0.2, 0.25) is 0 Å². The van der Waals surface area contributed by atoms with Gasteiger partial charge in [-0.1, -0.05) is 4.98 Å². The van der Waals surface area contributed by atoms with Crippen LogP contribution in [0.25, 0.3) is 11.5 Å². The van der Waals surface area contributed by atoms with Crippen LogP contribution in [0.5, 0.6) is 0 Å². The summed E-state index contributed by atoms with van der Waals surface area (Å²) >= 11 is 1.56. The number of rotatable bonds is 4. The molecule has 20 heavy (non-hydrogen) atoms. The van der Waals surface area contributed by atoms with Crippen LogP contribution in [0, 0.1) is 17.0 Å². The fraction of sp³-hybridized carbons (Fsp3) is 0.182. The summed E-state index contributed by atoms with van der Waals surface area (Å²) in [6, 6.07) is 1.92. The van der Waals surface area contributed by atoms with Crippen molar-refractivity contribution < 1.29 is 9.34 Å². The van der Waals surface area contributed by atoms with Crippen LogP contribution in [-0.2, 0) is 6.54 Å². The van der Waals surface area contributed by atoms with Crippen molar-refractivity contribution >= 4 is 17.3 Å². The fourth-order valence-corrected chi connectivity index (χ4v) is 2.31. The third-order valence-corrected chi connectivity index (χ3v) is 3.34. The van der Waals surface area contributed by atoms with Gasteiger partial charge in [0.1, 0.15) is 18.0 Å². The molecule has 3 aromatic rings. The second-order valence-electron chi connectivity index (χ2n) is 4.03. The molecule has 0 atom stereocenters. The number of aryl methyl sites for hydroxylation is 1. The van der Waals surface area contributed by atoms with E-state index in [1.165, 1.54) is 11.0 Å². The Morgan fingerprint density at radius 1 is 1.55 bits per heavy atom. The molecule has 8 nitrogen and oxygen atoms in total. The molecule has 0 spiro atoms. The first kappa shape index (κ1) is 12.5. The Morgan fingerprint density at radius 3 is 3.05 bits per heavy atom. The smallest absolute Gasteiger partial charge is 0.441 e. The van der Waals surface area contributed by atoms with E-state index in [2.05, 4.69) is 15.1 Å². The minimum atomic E-state index is -0.636. The summed E-state index contributed by atoms with van der Waals surface area (Å²) in [5.74, 6) is 0.766. The Balaban J connectivity index is 1.85. The molecule has 0 aliphatic heterocycles. The summed E-state index contributed by atoms with van der Waals surface area (Å²) in [5.41, 5.74) is 1.58. The molecule has 0 amide bonds. The first-order valence-electron chi connectivity index (χ1n) is 5.66. The van der Waals surface area contributed by atoms with Gasteiger partial charge in [0.25, 0.3) is 0 Å². The SMILES string of the molecule is Cc1oc(-c2ccsc2)nc1Cn1cnc([N+](=O)[O-])n1. The molecular weight excluding hydrogens is 282 g/mol. The van der Waals surface area contributed by atoms with Crippen LogP contribution in [0.3, 0.4) is 0 Å². The Hall–Kier alpha value is -2.55. The predicted octanol–water partition coefficient (Wildman–Crippen LogP) is 2.26. The van der Waals surface area contributed by atoms with Gasteiger partial charge in [-0.25, -0.2) is 4.98 Å². The predicted molar refractivity (Wildman–Crippen MR) is 70.3 cm³/mol. The molecule has 0 bridgehead atoms. The van der Waals surface area contributed by atoms with Crippen LogP contribution in [0.4, 0.5) is 5.95 Å². The molecule has 0 saturated heterocycles. The number of hydrogen-bond donors (Lipinski definition) is 0. The summed E-state index contributed by atoms with van der Waals surface area (Å²) in [4.78, 5) is 17.9. The van der Waals surface area contributed by atoms with Gasteiger partial charge in [0, 0.05) is 16.0 Å². The zero-order valence-corrected chi connectivity index (χ0v) is 11.2. The van der Waals surface area contributed by atoms with Gasteiger partial charge >= 0.3 is 5.95 Å². The van der Waals surface area contributed by atoms with Crippen molar-refractivity contribution in [1.82, 2.24) is 19.7 Å². The van der Waals surface area contributed by atoms with Gasteiger partial charge < -0.3 is 14.5 Å². The van der Waals surface area contributed by atoms with E-state index in [0.717, 1.165) is 5.56 Å². The zero-order chi connectivity index (χ0) is 14.1. The van der Waals surface area contributed by atoms with Crippen molar-refractivity contribution in [2.24, 2.45) is 0 Å². The standard InChI is InChI=1S/C11H9N5O3S/c1-7-9(4-15-6-12-11(14-15)16(17)18)13-10(19-7)8-2-3-20-5-8/h2-3,5-6H,4H2,1H3. The monoisotopic (exact) mass is 291 g/mol. The van der Waals surface area contributed by atoms with Crippen LogP contribution in [0.1, 0.15) is 11.5 Å². The second kappa shape index (κ2) is 4.85. The van der Waals surface area contributed by atoms with Gasteiger partial charge in [-0.05, 0) is 23.3 Å². The number of nitrogens with zero attached hydrogens (tertiary/aromatic N) is 5. The normalized spacial score (nSPS) is 10.8. The van der Waals surface area contributed by atoms with Gasteiger partial charge in [-0.2, -0.15) is 16.0 Å². The number of oxazole rings is 1. The number of hydrogen-bond acceptors (Lipinski definition) is 7. The first-order valence-corrected chi connectivity index (χ1v) is 6.60. The van der Waals surface area contributed by atoms with Gasteiger partial charge in [0.2, 0.25) is 12.2 Å². The van der Waals surface area contributed by atoms with Gasteiger partial charge in [-0.15, -0.1) is 0 Å². The summed E-state index contributed by atoms with van der Waals surface area (Å²) in [7, 11) is 0. The molecule has 3 heterocycles. The van der Waals surface area contributed by atoms with Crippen molar-refractivity contribution in [2.45, 2.75) is 13.5 Å². The number of thiophene rings is 1. The molecule has 0 fully saturated rings. The van der Waals surface area contributed by atoms with Crippen molar-refractivity contribution in [3.05, 3.63) is 44.7 Å². The Bertz CT molecular complexity index is 746. The van der Waals surface area contributed by atoms with Gasteiger partial charge in [0.15, 0.2) is 0 Å². The summed E-state index contributed by atoms with van der Waals surface area (Å²) < 4.78 is 6.95. The molecule has 0 radical (unpaired) electrons. The van der Waals surface area contributed by atoms with E-state index in [1.54, 1.807) is 18.3 Å². The Labute approximate surface area is 116 Å². The Morgan fingerprint density at radius 2 is 2.40 bits per heavy atom. The lowest BCUT2D eigenvalue weighted by molar-refractivity contribution is -0.394. The van der Waals surface area contributed by atoms with E-state index in [4.69, 9.17) is 4.42 Å². The van der Waals surface area contributed by atoms with E-state index in [1.807, 2.05) is 16.8 Å². The fourth-order valence-electron chi connectivity index (χ4n) is 1.68. The molecule has 0 unspecified atom stereocenters. The van der Waals surface area contributed by atoms with Crippen molar-refractivity contribution in [3.8, 4) is 11.5 Å². The largest absolute Gasteiger partial charge is 0.490 e. The van der Waals surface area contributed by atoms with Crippen molar-refractivity contribution in [3.63, 3.8) is 0 Å². The van der Waals surface area contributed by atoms with Crippen LogP contribution in [-0.4, -0.2) is 24.7 Å². The molecule has 102 valence electrons. The van der Waals surface area contributed by atoms with E-state index >= 15 is 0 Å². The molecule has 9 heteroatoms. The molecular formula is C11H9N5O3S. The van der Waals surface area contributed by atoms with Crippen LogP contribution in [0.15, 0.2) is 27.6 Å². The summed E-state index contributed by atoms with van der Waals surface area (Å²) in [5, 5.41) is 18.2. The van der Waals surface area contributed by atoms with E-state index in [-0.39, 0.29) is 6.54 Å². The zero-order valence-electron chi connectivity index (χ0n) is 10.4. The average Bonchev–Trinajstić information content (AvgIpc) is 3.11. The second-order valence-corrected chi connectivity index (χ2v) is 4.81. The highest BCUT2D eigenvalue weighted by Gasteiger charge is 2.17. The maximum Gasteiger partial charge on any atom is 0.490 e. The van der Waals surface area contributed by atoms with E-state index in [9.17, 15) is 10.1 Å². The molecule has 0 aromatic carbocycles. The van der Waals surface area contributed by atoms with Crippen molar-refractivity contribution in [2.75, 3.05) is 0 Å². The van der Waals surface area contributed by atoms with Crippen LogP contribution < -0.4 is 0 Å². The third-order valence-electron chi connectivity index (χ3n) is 2.66. The van der Waals surface area contributed by atoms with Gasteiger partial charge in [0.05, 0.1) is 0 Å². The highest BCUT2D eigenvalue weighted by Crippen LogP contribution is 2.24. The van der Waals surface area contributed by atoms with Crippen LogP contribution >= 0.6 is 11.3 Å². The molecule has 3 aromatic heterocycles. The Kier molecular flexibility index (Phi) is 3.03. The minimum Gasteiger partial charge on any atom is -0.441 e. The molecule has 0 N–H and O–H groups in total. The van der Waals surface area contributed by atoms with Gasteiger partial charge in [-0.3, -0.25) is 0 Å². The molecule has 0 aliphatic carbocycles. The maximum absolute atomic E-state index is 10.5. The van der Waals surface area contributed by atoms with E-state index < -0.39 is 10.9 Å². The summed E-state index contributed by atoms with van der Waals surface area (Å²) in [6.45, 7) is 2.07. The molecule has 3 rings (SSSR count). The molecule has 0 aliphatic rings. The number of nitro groups is 1. The quantitative estimate of drug-likeness (QED) is 0.540. The lowest BCUT2D eigenvalue weighted by Crippen LogP contribution is -2.02. The highest BCUT2D eigenvalue weighted by molar-refractivity contribution is 7.08. The topological polar surface area (TPSA) is 99.9 Å². The minimum absolute atomic E-state index is 0.278. The third kappa shape index (κ3) is 2.30. The lowest BCUT2D eigenvalue weighted by atomic mass is 10.3.